The molecule has 0 aliphatic carbocycles. The zero-order valence-corrected chi connectivity index (χ0v) is 17.2. The molecule has 1 heterocycles. The van der Waals surface area contributed by atoms with Gasteiger partial charge in [0.1, 0.15) is 0 Å². The number of nitrogens with one attached hydrogen (secondary N) is 4. The highest BCUT2D eigenvalue weighted by Crippen LogP contribution is 2.22. The maximum Gasteiger partial charge on any atom is 0.225 e. The van der Waals surface area contributed by atoms with Gasteiger partial charge in [0.2, 0.25) is 5.91 Å². The summed E-state index contributed by atoms with van der Waals surface area (Å²) in [7, 11) is 0. The van der Waals surface area contributed by atoms with E-state index in [1.165, 1.54) is 22.2 Å². The fourth-order valence-electron chi connectivity index (χ4n) is 2.90. The Balaban J connectivity index is 1.87. The SMILES string of the molecule is CCNC(=NCCc1c(C)[nH]c2ccccc12)NCCNC(=O)C(C)(C)C. The summed E-state index contributed by atoms with van der Waals surface area (Å²) in [5.74, 6) is 0.834. The van der Waals surface area contributed by atoms with Crippen molar-refractivity contribution in [2.24, 2.45) is 10.4 Å². The van der Waals surface area contributed by atoms with Crippen LogP contribution in [0.25, 0.3) is 10.9 Å². The van der Waals surface area contributed by atoms with Gasteiger partial charge in [0, 0.05) is 48.2 Å². The van der Waals surface area contributed by atoms with E-state index in [9.17, 15) is 4.79 Å². The maximum atomic E-state index is 11.9. The number of aromatic nitrogens is 1. The first-order valence-corrected chi connectivity index (χ1v) is 9.69. The van der Waals surface area contributed by atoms with Crippen molar-refractivity contribution in [1.29, 1.82) is 0 Å². The minimum Gasteiger partial charge on any atom is -0.358 e. The van der Waals surface area contributed by atoms with E-state index in [1.54, 1.807) is 0 Å². The minimum atomic E-state index is -0.365. The standard InChI is InChI=1S/C21H33N5O/c1-6-22-20(25-14-13-23-19(27)21(3,4)5)24-12-11-16-15(2)26-18-10-8-7-9-17(16)18/h7-10,26H,6,11-14H2,1-5H3,(H,23,27)(H2,22,24,25). The first kappa shape index (κ1) is 20.8. The van der Waals surface area contributed by atoms with E-state index in [1.807, 2.05) is 33.8 Å². The average Bonchev–Trinajstić information content (AvgIpc) is 2.93. The predicted molar refractivity (Wildman–Crippen MR) is 113 cm³/mol. The molecule has 0 aliphatic rings. The molecule has 6 nitrogen and oxygen atoms in total. The van der Waals surface area contributed by atoms with Gasteiger partial charge in [-0.1, -0.05) is 39.0 Å². The van der Waals surface area contributed by atoms with E-state index in [4.69, 9.17) is 0 Å². The minimum absolute atomic E-state index is 0.0565. The summed E-state index contributed by atoms with van der Waals surface area (Å²) >= 11 is 0. The van der Waals surface area contributed by atoms with E-state index in [-0.39, 0.29) is 11.3 Å². The molecule has 4 N–H and O–H groups in total. The van der Waals surface area contributed by atoms with Crippen LogP contribution in [0.1, 0.15) is 39.0 Å². The number of para-hydroxylation sites is 1. The molecule has 6 heteroatoms. The van der Waals surface area contributed by atoms with Gasteiger partial charge in [-0.05, 0) is 31.9 Å². The van der Waals surface area contributed by atoms with Crippen LogP contribution in [0, 0.1) is 12.3 Å². The number of aryl methyl sites for hydroxylation is 1. The molecule has 1 aromatic carbocycles. The lowest BCUT2D eigenvalue weighted by molar-refractivity contribution is -0.128. The van der Waals surface area contributed by atoms with Gasteiger partial charge < -0.3 is 20.9 Å². The number of benzene rings is 1. The molecule has 27 heavy (non-hydrogen) atoms. The lowest BCUT2D eigenvalue weighted by atomic mass is 9.96. The van der Waals surface area contributed by atoms with Crippen LogP contribution in [0.5, 0.6) is 0 Å². The van der Waals surface area contributed by atoms with Crippen molar-refractivity contribution in [2.75, 3.05) is 26.2 Å². The van der Waals surface area contributed by atoms with Gasteiger partial charge in [0.05, 0.1) is 0 Å². The van der Waals surface area contributed by atoms with Crippen LogP contribution in [0.4, 0.5) is 0 Å². The topological polar surface area (TPSA) is 81.3 Å². The third-order valence-corrected chi connectivity index (χ3v) is 4.39. The second-order valence-electron chi connectivity index (χ2n) is 7.72. The first-order chi connectivity index (χ1) is 12.8. The van der Waals surface area contributed by atoms with E-state index in [0.717, 1.165) is 18.9 Å². The molecule has 0 unspecified atom stereocenters. The smallest absolute Gasteiger partial charge is 0.225 e. The summed E-state index contributed by atoms with van der Waals surface area (Å²) < 4.78 is 0. The van der Waals surface area contributed by atoms with Crippen molar-refractivity contribution < 1.29 is 4.79 Å². The van der Waals surface area contributed by atoms with E-state index in [0.29, 0.717) is 19.6 Å². The monoisotopic (exact) mass is 371 g/mol. The van der Waals surface area contributed by atoms with Gasteiger partial charge in [-0.3, -0.25) is 9.79 Å². The van der Waals surface area contributed by atoms with Crippen molar-refractivity contribution in [3.8, 4) is 0 Å². The number of carbonyl (C=O) groups is 1. The summed E-state index contributed by atoms with van der Waals surface area (Å²) in [6, 6.07) is 8.37. The molecule has 1 aromatic heterocycles. The molecule has 148 valence electrons. The number of carbonyl (C=O) groups excluding carboxylic acids is 1. The fraction of sp³-hybridized carbons (Fsp3) is 0.524. The zero-order valence-electron chi connectivity index (χ0n) is 17.2. The number of guanidine groups is 1. The first-order valence-electron chi connectivity index (χ1n) is 9.69. The third kappa shape index (κ3) is 6.01. The number of aliphatic imine (C=N–C) groups is 1. The maximum absolute atomic E-state index is 11.9. The Kier molecular flexibility index (Phi) is 7.28. The Bertz CT molecular complexity index is 785. The Morgan fingerprint density at radius 2 is 1.81 bits per heavy atom. The molecule has 0 bridgehead atoms. The number of aromatic amines is 1. The molecule has 1 amide bonds. The molecule has 0 atom stereocenters. The Labute approximate surface area is 162 Å². The number of amides is 1. The molecule has 0 spiro atoms. The third-order valence-electron chi connectivity index (χ3n) is 4.39. The van der Waals surface area contributed by atoms with E-state index < -0.39 is 0 Å². The summed E-state index contributed by atoms with van der Waals surface area (Å²) in [6.07, 6.45) is 0.882. The van der Waals surface area contributed by atoms with Crippen molar-refractivity contribution in [3.63, 3.8) is 0 Å². The summed E-state index contributed by atoms with van der Waals surface area (Å²) in [6.45, 7) is 12.6. The number of H-pyrrole nitrogens is 1. The van der Waals surface area contributed by atoms with Crippen LogP contribution in [0.3, 0.4) is 0 Å². The van der Waals surface area contributed by atoms with Crippen LogP contribution >= 0.6 is 0 Å². The second-order valence-corrected chi connectivity index (χ2v) is 7.72. The van der Waals surface area contributed by atoms with E-state index >= 15 is 0 Å². The fourth-order valence-corrected chi connectivity index (χ4v) is 2.90. The number of rotatable bonds is 7. The Hall–Kier alpha value is -2.50. The number of fused-ring (bicyclic) bond motifs is 1. The van der Waals surface area contributed by atoms with Crippen LogP contribution in [0.2, 0.25) is 0 Å². The van der Waals surface area contributed by atoms with Crippen molar-refractivity contribution in [2.45, 2.75) is 41.0 Å². The molecule has 0 radical (unpaired) electrons. The molecule has 2 rings (SSSR count). The predicted octanol–water partition coefficient (Wildman–Crippen LogP) is 2.74. The molecule has 0 fully saturated rings. The molecule has 0 saturated carbocycles. The lowest BCUT2D eigenvalue weighted by Crippen LogP contribution is -2.43. The van der Waals surface area contributed by atoms with Gasteiger partial charge in [-0.2, -0.15) is 0 Å². The number of hydrogen-bond donors (Lipinski definition) is 4. The Morgan fingerprint density at radius 3 is 2.52 bits per heavy atom. The summed E-state index contributed by atoms with van der Waals surface area (Å²) in [5.41, 5.74) is 3.33. The number of nitrogens with zero attached hydrogens (tertiary/aromatic N) is 1. The second kappa shape index (κ2) is 9.44. The molecule has 0 saturated heterocycles. The quantitative estimate of drug-likeness (QED) is 0.343. The van der Waals surface area contributed by atoms with Gasteiger partial charge in [0.25, 0.3) is 0 Å². The van der Waals surface area contributed by atoms with Gasteiger partial charge in [-0.15, -0.1) is 0 Å². The summed E-state index contributed by atoms with van der Waals surface area (Å²) in [4.78, 5) is 20.0. The highest BCUT2D eigenvalue weighted by atomic mass is 16.2. The highest BCUT2D eigenvalue weighted by molar-refractivity contribution is 5.85. The summed E-state index contributed by atoms with van der Waals surface area (Å²) in [5, 5.41) is 10.7. The van der Waals surface area contributed by atoms with Gasteiger partial charge in [0.15, 0.2) is 5.96 Å². The normalized spacial score (nSPS) is 12.3. The Morgan fingerprint density at radius 1 is 1.11 bits per heavy atom. The van der Waals surface area contributed by atoms with Gasteiger partial charge in [-0.25, -0.2) is 0 Å². The highest BCUT2D eigenvalue weighted by Gasteiger charge is 2.20. The lowest BCUT2D eigenvalue weighted by Gasteiger charge is -2.18. The van der Waals surface area contributed by atoms with E-state index in [2.05, 4.69) is 51.0 Å². The van der Waals surface area contributed by atoms with Crippen molar-refractivity contribution in [1.82, 2.24) is 20.9 Å². The number of hydrogen-bond acceptors (Lipinski definition) is 2. The van der Waals surface area contributed by atoms with Crippen molar-refractivity contribution >= 4 is 22.8 Å². The van der Waals surface area contributed by atoms with Crippen molar-refractivity contribution in [3.05, 3.63) is 35.5 Å². The van der Waals surface area contributed by atoms with Crippen LogP contribution in [0.15, 0.2) is 29.3 Å². The molecular formula is C21H33N5O. The van der Waals surface area contributed by atoms with Crippen LogP contribution < -0.4 is 16.0 Å². The van der Waals surface area contributed by atoms with Crippen LogP contribution in [-0.4, -0.2) is 43.0 Å². The molecule has 0 aliphatic heterocycles. The zero-order chi connectivity index (χ0) is 19.9. The van der Waals surface area contributed by atoms with Gasteiger partial charge >= 0.3 is 0 Å². The average molecular weight is 372 g/mol. The molecule has 2 aromatic rings. The molecular weight excluding hydrogens is 338 g/mol. The van der Waals surface area contributed by atoms with Crippen LogP contribution in [-0.2, 0) is 11.2 Å². The largest absolute Gasteiger partial charge is 0.358 e.